The Kier molecular flexibility index (Phi) is 3.88. The van der Waals surface area contributed by atoms with E-state index in [1.807, 2.05) is 30.3 Å². The summed E-state index contributed by atoms with van der Waals surface area (Å²) in [6.07, 6.45) is 1.45. The molecule has 0 atom stereocenters. The number of phenols is 1. The first-order valence-electron chi connectivity index (χ1n) is 6.90. The van der Waals surface area contributed by atoms with Gasteiger partial charge in [0.25, 0.3) is 5.69 Å². The minimum Gasteiger partial charge on any atom is -0.507 e. The molecule has 0 amide bonds. The predicted octanol–water partition coefficient (Wildman–Crippen LogP) is 3.90. The van der Waals surface area contributed by atoms with Crippen LogP contribution in [0.4, 0.5) is 11.4 Å². The first-order chi connectivity index (χ1) is 11.2. The molecule has 6 nitrogen and oxygen atoms in total. The Morgan fingerprint density at radius 3 is 2.61 bits per heavy atom. The summed E-state index contributed by atoms with van der Waals surface area (Å²) in [5.41, 5.74) is 3.42. The van der Waals surface area contributed by atoms with Crippen LogP contribution in [0.15, 0.2) is 65.8 Å². The fourth-order valence-electron chi connectivity index (χ4n) is 2.31. The molecule has 3 rings (SSSR count). The van der Waals surface area contributed by atoms with E-state index in [2.05, 4.69) is 10.5 Å². The van der Waals surface area contributed by atoms with Crippen LogP contribution >= 0.6 is 0 Å². The summed E-state index contributed by atoms with van der Waals surface area (Å²) in [6, 6.07) is 17.2. The van der Waals surface area contributed by atoms with E-state index >= 15 is 0 Å². The first kappa shape index (κ1) is 14.5. The minimum absolute atomic E-state index is 0.0632. The van der Waals surface area contributed by atoms with Gasteiger partial charge in [0.1, 0.15) is 11.4 Å². The van der Waals surface area contributed by atoms with Crippen molar-refractivity contribution in [3.05, 3.63) is 76.3 Å². The second kappa shape index (κ2) is 6.15. The van der Waals surface area contributed by atoms with Crippen molar-refractivity contribution in [2.75, 3.05) is 5.43 Å². The third-order valence-corrected chi connectivity index (χ3v) is 3.43. The molecule has 3 aromatic carbocycles. The number of benzene rings is 3. The molecule has 2 N–H and O–H groups in total. The molecule has 6 heteroatoms. The van der Waals surface area contributed by atoms with Crippen LogP contribution in [-0.4, -0.2) is 16.2 Å². The maximum absolute atomic E-state index is 11.0. The second-order valence-electron chi connectivity index (χ2n) is 4.86. The van der Waals surface area contributed by atoms with Crippen LogP contribution < -0.4 is 5.43 Å². The lowest BCUT2D eigenvalue weighted by molar-refractivity contribution is -0.384. The van der Waals surface area contributed by atoms with Crippen molar-refractivity contribution >= 4 is 28.4 Å². The van der Waals surface area contributed by atoms with E-state index in [9.17, 15) is 15.2 Å². The highest BCUT2D eigenvalue weighted by atomic mass is 16.6. The molecule has 3 aromatic rings. The van der Waals surface area contributed by atoms with Gasteiger partial charge in [0, 0.05) is 11.6 Å². The molecule has 0 aliphatic carbocycles. The van der Waals surface area contributed by atoms with Crippen LogP contribution in [0.25, 0.3) is 10.8 Å². The molecule has 0 aromatic heterocycles. The van der Waals surface area contributed by atoms with Crippen LogP contribution in [0, 0.1) is 10.1 Å². The summed E-state index contributed by atoms with van der Waals surface area (Å²) in [5.74, 6) is 0.0943. The Balaban J connectivity index is 1.93. The molecular weight excluding hydrogens is 294 g/mol. The number of fused-ring (bicyclic) bond motifs is 1. The van der Waals surface area contributed by atoms with Gasteiger partial charge in [-0.25, -0.2) is 0 Å². The van der Waals surface area contributed by atoms with Crippen molar-refractivity contribution in [3.8, 4) is 5.75 Å². The van der Waals surface area contributed by atoms with E-state index in [0.29, 0.717) is 5.56 Å². The third-order valence-electron chi connectivity index (χ3n) is 3.43. The molecule has 0 heterocycles. The first-order valence-corrected chi connectivity index (χ1v) is 6.90. The lowest BCUT2D eigenvalue weighted by atomic mass is 10.0. The molecule has 0 saturated carbocycles. The van der Waals surface area contributed by atoms with E-state index in [4.69, 9.17) is 0 Å². The minimum atomic E-state index is -0.479. The molecule has 0 fully saturated rings. The SMILES string of the molecule is O=[N+]([O-])c1ccccc1N/N=C/c1c(O)ccc2ccccc12. The molecule has 0 aliphatic rings. The Morgan fingerprint density at radius 1 is 1.04 bits per heavy atom. The van der Waals surface area contributed by atoms with Crippen molar-refractivity contribution in [3.63, 3.8) is 0 Å². The average molecular weight is 307 g/mol. The number of hydrogen-bond donors (Lipinski definition) is 2. The molecular formula is C17H13N3O3. The largest absolute Gasteiger partial charge is 0.507 e. The lowest BCUT2D eigenvalue weighted by Gasteiger charge is -2.05. The van der Waals surface area contributed by atoms with Crippen LogP contribution in [0.3, 0.4) is 0 Å². The number of nitrogens with zero attached hydrogens (tertiary/aromatic N) is 2. The number of hydrazone groups is 1. The highest BCUT2D eigenvalue weighted by Gasteiger charge is 2.11. The maximum atomic E-state index is 11.0. The fraction of sp³-hybridized carbons (Fsp3) is 0. The van der Waals surface area contributed by atoms with Crippen molar-refractivity contribution in [2.45, 2.75) is 0 Å². The van der Waals surface area contributed by atoms with E-state index < -0.39 is 4.92 Å². The smallest absolute Gasteiger partial charge is 0.294 e. The Labute approximate surface area is 131 Å². The van der Waals surface area contributed by atoms with Gasteiger partial charge in [-0.2, -0.15) is 5.10 Å². The number of aromatic hydroxyl groups is 1. The zero-order valence-corrected chi connectivity index (χ0v) is 12.0. The number of para-hydroxylation sites is 2. The molecule has 0 radical (unpaired) electrons. The van der Waals surface area contributed by atoms with Crippen LogP contribution in [-0.2, 0) is 0 Å². The number of phenolic OH excluding ortho intramolecular Hbond substituents is 1. The molecule has 0 spiro atoms. The highest BCUT2D eigenvalue weighted by Crippen LogP contribution is 2.26. The van der Waals surface area contributed by atoms with Gasteiger partial charge < -0.3 is 5.11 Å². The monoisotopic (exact) mass is 307 g/mol. The molecule has 23 heavy (non-hydrogen) atoms. The number of anilines is 1. The highest BCUT2D eigenvalue weighted by molar-refractivity contribution is 6.02. The number of nitrogens with one attached hydrogen (secondary N) is 1. The van der Waals surface area contributed by atoms with E-state index in [-0.39, 0.29) is 17.1 Å². The van der Waals surface area contributed by atoms with Gasteiger partial charge in [0.2, 0.25) is 0 Å². The van der Waals surface area contributed by atoms with Crippen LogP contribution in [0.5, 0.6) is 5.75 Å². The van der Waals surface area contributed by atoms with E-state index in [1.54, 1.807) is 24.3 Å². The fourth-order valence-corrected chi connectivity index (χ4v) is 2.31. The topological polar surface area (TPSA) is 87.8 Å². The number of hydrogen-bond acceptors (Lipinski definition) is 5. The number of nitro groups is 1. The predicted molar refractivity (Wildman–Crippen MR) is 89.9 cm³/mol. The molecule has 0 unspecified atom stereocenters. The Bertz CT molecular complexity index is 906. The normalized spacial score (nSPS) is 11.0. The second-order valence-corrected chi connectivity index (χ2v) is 4.86. The van der Waals surface area contributed by atoms with Crippen molar-refractivity contribution in [2.24, 2.45) is 5.10 Å². The summed E-state index contributed by atoms with van der Waals surface area (Å²) in [4.78, 5) is 10.5. The maximum Gasteiger partial charge on any atom is 0.294 e. The van der Waals surface area contributed by atoms with Crippen LogP contribution in [0.2, 0.25) is 0 Å². The van der Waals surface area contributed by atoms with Gasteiger partial charge in [0.05, 0.1) is 11.1 Å². The van der Waals surface area contributed by atoms with Gasteiger partial charge in [-0.1, -0.05) is 42.5 Å². The summed E-state index contributed by atoms with van der Waals surface area (Å²) < 4.78 is 0. The van der Waals surface area contributed by atoms with E-state index in [0.717, 1.165) is 10.8 Å². The van der Waals surface area contributed by atoms with E-state index in [1.165, 1.54) is 12.3 Å². The summed E-state index contributed by atoms with van der Waals surface area (Å²) in [5, 5.41) is 26.8. The van der Waals surface area contributed by atoms with Crippen molar-refractivity contribution in [1.82, 2.24) is 0 Å². The Hall–Kier alpha value is -3.41. The summed E-state index contributed by atoms with van der Waals surface area (Å²) in [6.45, 7) is 0. The lowest BCUT2D eigenvalue weighted by Crippen LogP contribution is -1.97. The summed E-state index contributed by atoms with van der Waals surface area (Å²) >= 11 is 0. The summed E-state index contributed by atoms with van der Waals surface area (Å²) in [7, 11) is 0. The van der Waals surface area contributed by atoms with Crippen LogP contribution in [0.1, 0.15) is 5.56 Å². The Morgan fingerprint density at radius 2 is 1.78 bits per heavy atom. The number of nitro benzene ring substituents is 1. The van der Waals surface area contributed by atoms with Gasteiger partial charge in [-0.3, -0.25) is 15.5 Å². The van der Waals surface area contributed by atoms with Crippen molar-refractivity contribution < 1.29 is 10.0 Å². The molecule has 114 valence electrons. The van der Waals surface area contributed by atoms with Crippen molar-refractivity contribution in [1.29, 1.82) is 0 Å². The van der Waals surface area contributed by atoms with Gasteiger partial charge in [-0.05, 0) is 22.9 Å². The molecule has 0 aliphatic heterocycles. The third kappa shape index (κ3) is 2.96. The molecule has 0 bridgehead atoms. The quantitative estimate of drug-likeness (QED) is 0.434. The number of rotatable bonds is 4. The van der Waals surface area contributed by atoms with Gasteiger partial charge in [0.15, 0.2) is 0 Å². The zero-order valence-electron chi connectivity index (χ0n) is 12.0. The average Bonchev–Trinajstić information content (AvgIpc) is 2.57. The standard InChI is InChI=1S/C17H13N3O3/c21-17-10-9-12-5-1-2-6-13(12)14(17)11-18-19-15-7-3-4-8-16(15)20(22)23/h1-11,19,21H/b18-11+. The molecule has 0 saturated heterocycles. The zero-order chi connectivity index (χ0) is 16.2. The van der Waals surface area contributed by atoms with Gasteiger partial charge >= 0.3 is 0 Å². The van der Waals surface area contributed by atoms with Gasteiger partial charge in [-0.15, -0.1) is 0 Å².